The van der Waals surface area contributed by atoms with Gasteiger partial charge in [-0.15, -0.1) is 0 Å². The van der Waals surface area contributed by atoms with Gasteiger partial charge in [0.25, 0.3) is 5.91 Å². The van der Waals surface area contributed by atoms with Gasteiger partial charge in [-0.05, 0) is 18.6 Å². The molecule has 132 valence electrons. The van der Waals surface area contributed by atoms with Gasteiger partial charge in [-0.25, -0.2) is 18.0 Å². The minimum atomic E-state index is -3.12. The van der Waals surface area contributed by atoms with Gasteiger partial charge in [0.2, 0.25) is 0 Å². The van der Waals surface area contributed by atoms with E-state index < -0.39 is 40.0 Å². The minimum absolute atomic E-state index is 0.0237. The number of para-hydroxylation sites is 1. The lowest BCUT2D eigenvalue weighted by molar-refractivity contribution is -0.124. The number of fused-ring (bicyclic) bond motifs is 1. The molecule has 1 aliphatic heterocycles. The SMILES string of the molecule is O=C(COC(=O)c1cc2ccccc2oc1=O)NC1CCS(=O)(=O)C1. The van der Waals surface area contributed by atoms with E-state index in [0.717, 1.165) is 0 Å². The number of amides is 1. The molecule has 1 atom stereocenters. The predicted octanol–water partition coefficient (Wildman–Crippen LogP) is 0.253. The maximum atomic E-state index is 12.0. The molecule has 1 aromatic carbocycles. The summed E-state index contributed by atoms with van der Waals surface area (Å²) in [6.07, 6.45) is 0.330. The molecule has 0 bridgehead atoms. The Morgan fingerprint density at radius 3 is 2.76 bits per heavy atom. The number of sulfone groups is 1. The maximum absolute atomic E-state index is 12.0. The Morgan fingerprint density at radius 2 is 2.04 bits per heavy atom. The van der Waals surface area contributed by atoms with E-state index in [1.165, 1.54) is 6.07 Å². The van der Waals surface area contributed by atoms with Crippen LogP contribution in [-0.2, 0) is 19.4 Å². The average Bonchev–Trinajstić information content (AvgIpc) is 2.90. The highest BCUT2D eigenvalue weighted by Crippen LogP contribution is 2.13. The highest BCUT2D eigenvalue weighted by molar-refractivity contribution is 7.91. The van der Waals surface area contributed by atoms with Gasteiger partial charge in [-0.2, -0.15) is 0 Å². The molecule has 1 saturated heterocycles. The van der Waals surface area contributed by atoms with Crippen LogP contribution in [0.15, 0.2) is 39.5 Å². The standard InChI is InChI=1S/C16H15NO7S/c18-14(17-11-5-6-25(21,22)9-11)8-23-15(19)12-7-10-3-1-2-4-13(10)24-16(12)20/h1-4,7,11H,5-6,8-9H2,(H,17,18). The fourth-order valence-corrected chi connectivity index (χ4v) is 4.26. The number of carbonyl (C=O) groups excluding carboxylic acids is 2. The van der Waals surface area contributed by atoms with Crippen molar-refractivity contribution < 1.29 is 27.2 Å². The van der Waals surface area contributed by atoms with E-state index in [1.54, 1.807) is 24.3 Å². The van der Waals surface area contributed by atoms with Crippen LogP contribution in [0.25, 0.3) is 11.0 Å². The first-order chi connectivity index (χ1) is 11.8. The molecule has 9 heteroatoms. The van der Waals surface area contributed by atoms with E-state index in [-0.39, 0.29) is 17.1 Å². The number of esters is 1. The van der Waals surface area contributed by atoms with Gasteiger partial charge in [-0.3, -0.25) is 4.79 Å². The fraction of sp³-hybridized carbons (Fsp3) is 0.312. The number of rotatable bonds is 4. The summed E-state index contributed by atoms with van der Waals surface area (Å²) in [6.45, 7) is -0.609. The number of carbonyl (C=O) groups is 2. The fourth-order valence-electron chi connectivity index (χ4n) is 2.59. The van der Waals surface area contributed by atoms with Crippen LogP contribution >= 0.6 is 0 Å². The molecule has 1 aromatic heterocycles. The average molecular weight is 365 g/mol. The Kier molecular flexibility index (Phi) is 4.58. The van der Waals surface area contributed by atoms with Crippen molar-refractivity contribution in [3.05, 3.63) is 46.3 Å². The normalized spacial score (nSPS) is 18.8. The van der Waals surface area contributed by atoms with E-state index in [2.05, 4.69) is 5.32 Å². The zero-order valence-electron chi connectivity index (χ0n) is 13.1. The first kappa shape index (κ1) is 17.2. The first-order valence-corrected chi connectivity index (χ1v) is 9.36. The van der Waals surface area contributed by atoms with Crippen molar-refractivity contribution >= 4 is 32.7 Å². The third-order valence-electron chi connectivity index (χ3n) is 3.79. The molecule has 2 heterocycles. The molecule has 1 N–H and O–H groups in total. The van der Waals surface area contributed by atoms with Crippen LogP contribution in [0.4, 0.5) is 0 Å². The van der Waals surface area contributed by atoms with Gasteiger partial charge in [0.15, 0.2) is 16.4 Å². The third-order valence-corrected chi connectivity index (χ3v) is 5.56. The number of hydrogen-bond acceptors (Lipinski definition) is 7. The molecule has 0 aliphatic carbocycles. The van der Waals surface area contributed by atoms with Gasteiger partial charge in [0, 0.05) is 11.4 Å². The van der Waals surface area contributed by atoms with E-state index in [4.69, 9.17) is 9.15 Å². The highest BCUT2D eigenvalue weighted by atomic mass is 32.2. The number of hydrogen-bond donors (Lipinski definition) is 1. The molecule has 0 radical (unpaired) electrons. The minimum Gasteiger partial charge on any atom is -0.452 e. The van der Waals surface area contributed by atoms with Gasteiger partial charge < -0.3 is 14.5 Å². The summed E-state index contributed by atoms with van der Waals surface area (Å²) in [7, 11) is -3.12. The third kappa shape index (κ3) is 4.05. The van der Waals surface area contributed by atoms with Crippen molar-refractivity contribution in [1.29, 1.82) is 0 Å². The lowest BCUT2D eigenvalue weighted by atomic mass is 10.2. The van der Waals surface area contributed by atoms with Crippen molar-refractivity contribution in [2.45, 2.75) is 12.5 Å². The Balaban J connectivity index is 1.62. The molecule has 1 fully saturated rings. The van der Waals surface area contributed by atoms with Crippen molar-refractivity contribution in [1.82, 2.24) is 5.32 Å². The van der Waals surface area contributed by atoms with Crippen LogP contribution in [0.5, 0.6) is 0 Å². The molecule has 1 amide bonds. The Bertz CT molecular complexity index is 993. The predicted molar refractivity (Wildman–Crippen MR) is 88.0 cm³/mol. The molecule has 1 unspecified atom stereocenters. The van der Waals surface area contributed by atoms with Crippen LogP contribution in [0, 0.1) is 0 Å². The molecule has 0 spiro atoms. The van der Waals surface area contributed by atoms with Crippen molar-refractivity contribution in [3.8, 4) is 0 Å². The second-order valence-corrected chi connectivity index (χ2v) is 7.96. The van der Waals surface area contributed by atoms with E-state index >= 15 is 0 Å². The summed E-state index contributed by atoms with van der Waals surface area (Å²) in [5.41, 5.74) is -0.829. The monoisotopic (exact) mass is 365 g/mol. The second-order valence-electron chi connectivity index (χ2n) is 5.73. The summed E-state index contributed by atoms with van der Waals surface area (Å²) in [5.74, 6) is -1.70. The summed E-state index contributed by atoms with van der Waals surface area (Å²) in [4.78, 5) is 35.6. The first-order valence-electron chi connectivity index (χ1n) is 7.54. The van der Waals surface area contributed by atoms with Crippen molar-refractivity contribution in [2.75, 3.05) is 18.1 Å². The van der Waals surface area contributed by atoms with Gasteiger partial charge in [0.1, 0.15) is 11.1 Å². The van der Waals surface area contributed by atoms with Crippen molar-refractivity contribution in [3.63, 3.8) is 0 Å². The largest absolute Gasteiger partial charge is 0.452 e. The zero-order chi connectivity index (χ0) is 18.0. The van der Waals surface area contributed by atoms with Gasteiger partial charge in [-0.1, -0.05) is 18.2 Å². The number of nitrogens with one attached hydrogen (secondary N) is 1. The van der Waals surface area contributed by atoms with Gasteiger partial charge in [0.05, 0.1) is 11.5 Å². The topological polar surface area (TPSA) is 120 Å². The molecule has 1 aliphatic rings. The maximum Gasteiger partial charge on any atom is 0.351 e. The molecule has 2 aromatic rings. The zero-order valence-corrected chi connectivity index (χ0v) is 13.9. The van der Waals surface area contributed by atoms with E-state index in [0.29, 0.717) is 17.4 Å². The smallest absolute Gasteiger partial charge is 0.351 e. The number of benzene rings is 1. The van der Waals surface area contributed by atoms with Gasteiger partial charge >= 0.3 is 11.6 Å². The summed E-state index contributed by atoms with van der Waals surface area (Å²) in [6, 6.07) is 7.53. The molecule has 0 saturated carbocycles. The Labute approximate surface area is 142 Å². The second kappa shape index (κ2) is 6.67. The molecule has 25 heavy (non-hydrogen) atoms. The Morgan fingerprint density at radius 1 is 1.28 bits per heavy atom. The quantitative estimate of drug-likeness (QED) is 0.609. The van der Waals surface area contributed by atoms with Crippen LogP contribution < -0.4 is 10.9 Å². The number of ether oxygens (including phenoxy) is 1. The van der Waals surface area contributed by atoms with E-state index in [1.807, 2.05) is 0 Å². The lowest BCUT2D eigenvalue weighted by Crippen LogP contribution is -2.38. The summed E-state index contributed by atoms with van der Waals surface area (Å²) in [5, 5.41) is 3.04. The van der Waals surface area contributed by atoms with Crippen LogP contribution in [0.2, 0.25) is 0 Å². The van der Waals surface area contributed by atoms with E-state index in [9.17, 15) is 22.8 Å². The van der Waals surface area contributed by atoms with Crippen molar-refractivity contribution in [2.24, 2.45) is 0 Å². The summed E-state index contributed by atoms with van der Waals surface area (Å²) < 4.78 is 32.5. The highest BCUT2D eigenvalue weighted by Gasteiger charge is 2.29. The van der Waals surface area contributed by atoms with Crippen LogP contribution in [0.1, 0.15) is 16.8 Å². The Hall–Kier alpha value is -2.68. The molecular weight excluding hydrogens is 350 g/mol. The van der Waals surface area contributed by atoms with Crippen LogP contribution in [0.3, 0.4) is 0 Å². The van der Waals surface area contributed by atoms with Crippen LogP contribution in [-0.4, -0.2) is 44.4 Å². The molecule has 8 nitrogen and oxygen atoms in total. The molecular formula is C16H15NO7S. The molecule has 3 rings (SSSR count). The summed E-state index contributed by atoms with van der Waals surface area (Å²) >= 11 is 0. The lowest BCUT2D eigenvalue weighted by Gasteiger charge is -2.10.